The fourth-order valence-electron chi connectivity index (χ4n) is 2.25. The van der Waals surface area contributed by atoms with Crippen LogP contribution < -0.4 is 0 Å². The van der Waals surface area contributed by atoms with Crippen LogP contribution in [0, 0.1) is 17.3 Å². The summed E-state index contributed by atoms with van der Waals surface area (Å²) in [6.45, 7) is 10.0. The largest absolute Gasteiger partial charge is 0.466 e. The van der Waals surface area contributed by atoms with Gasteiger partial charge in [-0.05, 0) is 32.1 Å². The lowest BCUT2D eigenvalue weighted by Gasteiger charge is -2.02. The molecule has 0 N–H and O–H groups in total. The van der Waals surface area contributed by atoms with Crippen LogP contribution >= 0.6 is 0 Å². The molecule has 1 rings (SSSR count). The van der Waals surface area contributed by atoms with Gasteiger partial charge < -0.3 is 9.47 Å². The molecule has 0 aliphatic heterocycles. The molecule has 0 aromatic rings. The van der Waals surface area contributed by atoms with Crippen molar-refractivity contribution in [2.24, 2.45) is 17.3 Å². The van der Waals surface area contributed by atoms with Crippen LogP contribution in [0.1, 0.15) is 34.6 Å². The first-order valence-electron chi connectivity index (χ1n) is 6.38. The molecule has 1 saturated carbocycles. The van der Waals surface area contributed by atoms with E-state index in [9.17, 15) is 9.59 Å². The van der Waals surface area contributed by atoms with Gasteiger partial charge in [-0.15, -0.1) is 0 Å². The molecule has 0 spiro atoms. The van der Waals surface area contributed by atoms with Gasteiger partial charge in [0.25, 0.3) is 0 Å². The van der Waals surface area contributed by atoms with E-state index in [4.69, 9.17) is 9.47 Å². The van der Waals surface area contributed by atoms with E-state index in [1.807, 2.05) is 19.9 Å². The lowest BCUT2D eigenvalue weighted by Crippen LogP contribution is -2.10. The first-order valence-corrected chi connectivity index (χ1v) is 6.38. The molecule has 1 aliphatic carbocycles. The molecule has 4 heteroatoms. The maximum atomic E-state index is 11.7. The number of hydrogen-bond acceptors (Lipinski definition) is 4. The molecule has 0 aromatic carbocycles. The second-order valence-corrected chi connectivity index (χ2v) is 5.15. The Morgan fingerprint density at radius 2 is 1.72 bits per heavy atom. The molecule has 102 valence electrons. The van der Waals surface area contributed by atoms with Crippen LogP contribution in [0.4, 0.5) is 0 Å². The van der Waals surface area contributed by atoms with Crippen LogP contribution in [0.2, 0.25) is 0 Å². The SMILES string of the molecule is CCOC(=O)C(C)=CC1C(C(=O)OCC)C1(C)C. The standard InChI is InChI=1S/C14H22O4/c1-6-17-12(15)9(3)8-10-11(14(10,4)5)13(16)18-7-2/h8,10-11H,6-7H2,1-5H3. The lowest BCUT2D eigenvalue weighted by atomic mass is 10.1. The van der Waals surface area contributed by atoms with Gasteiger partial charge in [-0.1, -0.05) is 19.9 Å². The summed E-state index contributed by atoms with van der Waals surface area (Å²) in [4.78, 5) is 23.3. The lowest BCUT2D eigenvalue weighted by molar-refractivity contribution is -0.145. The first-order chi connectivity index (χ1) is 8.36. The number of allylic oxidation sites excluding steroid dienone is 1. The van der Waals surface area contributed by atoms with Crippen molar-refractivity contribution in [3.63, 3.8) is 0 Å². The maximum Gasteiger partial charge on any atom is 0.333 e. The Hall–Kier alpha value is -1.32. The van der Waals surface area contributed by atoms with Crippen molar-refractivity contribution in [1.82, 2.24) is 0 Å². The zero-order valence-corrected chi connectivity index (χ0v) is 11.8. The van der Waals surface area contributed by atoms with Gasteiger partial charge in [0.15, 0.2) is 0 Å². The van der Waals surface area contributed by atoms with E-state index in [0.29, 0.717) is 18.8 Å². The Morgan fingerprint density at radius 3 is 2.22 bits per heavy atom. The van der Waals surface area contributed by atoms with Crippen molar-refractivity contribution in [1.29, 1.82) is 0 Å². The van der Waals surface area contributed by atoms with Crippen LogP contribution in [-0.2, 0) is 19.1 Å². The van der Waals surface area contributed by atoms with Crippen LogP contribution in [0.5, 0.6) is 0 Å². The number of rotatable bonds is 5. The molecular weight excluding hydrogens is 232 g/mol. The van der Waals surface area contributed by atoms with Gasteiger partial charge in [0, 0.05) is 5.57 Å². The molecule has 0 bridgehead atoms. The first kappa shape index (κ1) is 14.7. The molecule has 2 unspecified atom stereocenters. The summed E-state index contributed by atoms with van der Waals surface area (Å²) >= 11 is 0. The summed E-state index contributed by atoms with van der Waals surface area (Å²) in [5, 5.41) is 0. The third kappa shape index (κ3) is 2.92. The quantitative estimate of drug-likeness (QED) is 0.558. The predicted octanol–water partition coefficient (Wildman–Crippen LogP) is 2.33. The number of esters is 2. The maximum absolute atomic E-state index is 11.7. The molecule has 1 fully saturated rings. The highest BCUT2D eigenvalue weighted by Gasteiger charge is 2.61. The summed E-state index contributed by atoms with van der Waals surface area (Å²) < 4.78 is 9.96. The van der Waals surface area contributed by atoms with E-state index in [0.717, 1.165) is 0 Å². The Kier molecular flexibility index (Phi) is 4.54. The van der Waals surface area contributed by atoms with Crippen LogP contribution in [-0.4, -0.2) is 25.2 Å². The fourth-order valence-corrected chi connectivity index (χ4v) is 2.25. The minimum Gasteiger partial charge on any atom is -0.466 e. The van der Waals surface area contributed by atoms with Crippen molar-refractivity contribution in [3.8, 4) is 0 Å². The summed E-state index contributed by atoms with van der Waals surface area (Å²) in [6.07, 6.45) is 1.83. The molecule has 1 aliphatic rings. The average molecular weight is 254 g/mol. The molecule has 0 aromatic heterocycles. The van der Waals surface area contributed by atoms with Crippen molar-refractivity contribution in [3.05, 3.63) is 11.6 Å². The van der Waals surface area contributed by atoms with Gasteiger partial charge in [-0.3, -0.25) is 4.79 Å². The smallest absolute Gasteiger partial charge is 0.333 e. The molecule has 4 nitrogen and oxygen atoms in total. The van der Waals surface area contributed by atoms with Crippen molar-refractivity contribution < 1.29 is 19.1 Å². The van der Waals surface area contributed by atoms with Crippen molar-refractivity contribution in [2.45, 2.75) is 34.6 Å². The normalized spacial score (nSPS) is 25.5. The van der Waals surface area contributed by atoms with E-state index in [1.165, 1.54) is 0 Å². The second-order valence-electron chi connectivity index (χ2n) is 5.15. The van der Waals surface area contributed by atoms with E-state index in [1.54, 1.807) is 20.8 Å². The Bertz CT molecular complexity index is 368. The van der Waals surface area contributed by atoms with Crippen molar-refractivity contribution >= 4 is 11.9 Å². The fraction of sp³-hybridized carbons (Fsp3) is 0.714. The highest BCUT2D eigenvalue weighted by atomic mass is 16.5. The van der Waals surface area contributed by atoms with Gasteiger partial charge in [-0.2, -0.15) is 0 Å². The van der Waals surface area contributed by atoms with Crippen LogP contribution in [0.25, 0.3) is 0 Å². The van der Waals surface area contributed by atoms with Gasteiger partial charge in [0.2, 0.25) is 0 Å². The highest BCUT2D eigenvalue weighted by molar-refractivity contribution is 5.88. The zero-order chi connectivity index (χ0) is 13.9. The third-order valence-corrected chi connectivity index (χ3v) is 3.48. The van der Waals surface area contributed by atoms with Gasteiger partial charge in [0.1, 0.15) is 0 Å². The number of carbonyl (C=O) groups excluding carboxylic acids is 2. The Balaban J connectivity index is 2.71. The van der Waals surface area contributed by atoms with Gasteiger partial charge in [0.05, 0.1) is 19.1 Å². The van der Waals surface area contributed by atoms with Gasteiger partial charge >= 0.3 is 11.9 Å². The van der Waals surface area contributed by atoms with E-state index >= 15 is 0 Å². The summed E-state index contributed by atoms with van der Waals surface area (Å²) in [5.41, 5.74) is 0.418. The van der Waals surface area contributed by atoms with E-state index in [-0.39, 0.29) is 29.2 Å². The molecule has 18 heavy (non-hydrogen) atoms. The Morgan fingerprint density at radius 1 is 1.17 bits per heavy atom. The number of hydrogen-bond donors (Lipinski definition) is 0. The number of ether oxygens (including phenoxy) is 2. The van der Waals surface area contributed by atoms with Gasteiger partial charge in [-0.25, -0.2) is 4.79 Å². The second kappa shape index (κ2) is 5.55. The summed E-state index contributed by atoms with van der Waals surface area (Å²) in [6, 6.07) is 0. The zero-order valence-electron chi connectivity index (χ0n) is 11.8. The molecule has 0 heterocycles. The highest BCUT2D eigenvalue weighted by Crippen LogP contribution is 2.59. The molecule has 2 atom stereocenters. The van der Waals surface area contributed by atoms with E-state index < -0.39 is 0 Å². The number of carbonyl (C=O) groups is 2. The molecule has 0 saturated heterocycles. The van der Waals surface area contributed by atoms with Crippen molar-refractivity contribution in [2.75, 3.05) is 13.2 Å². The molecule has 0 radical (unpaired) electrons. The van der Waals surface area contributed by atoms with Crippen LogP contribution in [0.3, 0.4) is 0 Å². The topological polar surface area (TPSA) is 52.6 Å². The molecule has 0 amide bonds. The Labute approximate surface area is 108 Å². The average Bonchev–Trinajstić information content (AvgIpc) is 2.81. The predicted molar refractivity (Wildman–Crippen MR) is 67.8 cm³/mol. The third-order valence-electron chi connectivity index (χ3n) is 3.48. The monoisotopic (exact) mass is 254 g/mol. The molecular formula is C14H22O4. The minimum absolute atomic E-state index is 0.0564. The minimum atomic E-state index is -0.317. The summed E-state index contributed by atoms with van der Waals surface area (Å²) in [5.74, 6) is -0.592. The summed E-state index contributed by atoms with van der Waals surface area (Å²) in [7, 11) is 0. The van der Waals surface area contributed by atoms with E-state index in [2.05, 4.69) is 0 Å². The van der Waals surface area contributed by atoms with Crippen LogP contribution in [0.15, 0.2) is 11.6 Å².